The van der Waals surface area contributed by atoms with Gasteiger partial charge in [-0.05, 0) is 50.8 Å². The Morgan fingerprint density at radius 1 is 1.15 bits per heavy atom. The quantitative estimate of drug-likeness (QED) is 0.904. The number of benzene rings is 1. The smallest absolute Gasteiger partial charge is 0.277 e. The third kappa shape index (κ3) is 3.30. The van der Waals surface area contributed by atoms with E-state index >= 15 is 0 Å². The van der Waals surface area contributed by atoms with Gasteiger partial charge < -0.3 is 10.2 Å². The van der Waals surface area contributed by atoms with Gasteiger partial charge in [-0.2, -0.15) is 0 Å². The molecule has 1 amide bonds. The summed E-state index contributed by atoms with van der Waals surface area (Å²) < 4.78 is 0. The van der Waals surface area contributed by atoms with Crippen LogP contribution >= 0.6 is 0 Å². The van der Waals surface area contributed by atoms with Crippen molar-refractivity contribution >= 4 is 17.5 Å². The van der Waals surface area contributed by atoms with E-state index < -0.39 is 0 Å². The number of rotatable bonds is 3. The Hall–Kier alpha value is -2.43. The summed E-state index contributed by atoms with van der Waals surface area (Å²) in [5, 5.41) is 3.44. The molecule has 4 rings (SSSR count). The van der Waals surface area contributed by atoms with Gasteiger partial charge in [0, 0.05) is 23.5 Å². The number of fused-ring (bicyclic) bond motifs is 1. The van der Waals surface area contributed by atoms with Crippen LogP contribution in [0.1, 0.15) is 60.8 Å². The first-order valence-electron chi connectivity index (χ1n) is 9.65. The maximum atomic E-state index is 13.2. The Morgan fingerprint density at radius 3 is 2.73 bits per heavy atom. The molecule has 2 heterocycles. The number of anilines is 2. The summed E-state index contributed by atoms with van der Waals surface area (Å²) in [7, 11) is 0. The third-order valence-electron chi connectivity index (χ3n) is 5.44. The van der Waals surface area contributed by atoms with E-state index in [0.29, 0.717) is 17.7 Å². The van der Waals surface area contributed by atoms with E-state index in [-0.39, 0.29) is 11.9 Å². The highest BCUT2D eigenvalue weighted by Crippen LogP contribution is 2.33. The summed E-state index contributed by atoms with van der Waals surface area (Å²) in [6, 6.07) is 10.5. The summed E-state index contributed by atoms with van der Waals surface area (Å²) in [6.07, 6.45) is 6.99. The van der Waals surface area contributed by atoms with Crippen LogP contribution in [-0.2, 0) is 6.42 Å². The summed E-state index contributed by atoms with van der Waals surface area (Å²) in [4.78, 5) is 24.2. The fraction of sp³-hybridized carbons (Fsp3) is 0.476. The SMILES string of the molecule is Cc1cc(C(=O)N2c3ccccc3CC2C)nc(NC2CCCCC2)n1. The van der Waals surface area contributed by atoms with Crippen molar-refractivity contribution in [3.05, 3.63) is 47.3 Å². The second kappa shape index (κ2) is 7.06. The topological polar surface area (TPSA) is 58.1 Å². The molecule has 1 aliphatic heterocycles. The van der Waals surface area contributed by atoms with E-state index in [1.54, 1.807) is 6.07 Å². The van der Waals surface area contributed by atoms with Crippen LogP contribution in [-0.4, -0.2) is 28.0 Å². The molecule has 0 spiro atoms. The highest BCUT2D eigenvalue weighted by molar-refractivity contribution is 6.06. The van der Waals surface area contributed by atoms with Gasteiger partial charge in [-0.15, -0.1) is 0 Å². The lowest BCUT2D eigenvalue weighted by Crippen LogP contribution is -2.36. The van der Waals surface area contributed by atoms with Gasteiger partial charge in [-0.3, -0.25) is 4.79 Å². The fourth-order valence-corrected chi connectivity index (χ4v) is 4.17. The van der Waals surface area contributed by atoms with Crippen LogP contribution in [0, 0.1) is 6.92 Å². The van der Waals surface area contributed by atoms with Crippen molar-refractivity contribution < 1.29 is 4.79 Å². The molecule has 26 heavy (non-hydrogen) atoms. The number of carbonyl (C=O) groups excluding carboxylic acids is 1. The van der Waals surface area contributed by atoms with Crippen molar-refractivity contribution in [1.29, 1.82) is 0 Å². The zero-order valence-electron chi connectivity index (χ0n) is 15.5. The molecule has 2 aliphatic rings. The van der Waals surface area contributed by atoms with Crippen LogP contribution in [0.4, 0.5) is 11.6 Å². The molecule has 1 N–H and O–H groups in total. The number of nitrogens with zero attached hydrogens (tertiary/aromatic N) is 3. The van der Waals surface area contributed by atoms with Crippen LogP contribution in [0.5, 0.6) is 0 Å². The van der Waals surface area contributed by atoms with Crippen LogP contribution in [0.2, 0.25) is 0 Å². The minimum Gasteiger partial charge on any atom is -0.351 e. The molecule has 1 saturated carbocycles. The van der Waals surface area contributed by atoms with Crippen molar-refractivity contribution in [3.63, 3.8) is 0 Å². The molecule has 1 unspecified atom stereocenters. The van der Waals surface area contributed by atoms with Crippen LogP contribution in [0.3, 0.4) is 0 Å². The van der Waals surface area contributed by atoms with Gasteiger partial charge in [0.2, 0.25) is 5.95 Å². The second-order valence-corrected chi connectivity index (χ2v) is 7.55. The molecular weight excluding hydrogens is 324 g/mol. The van der Waals surface area contributed by atoms with Crippen LogP contribution in [0.25, 0.3) is 0 Å². The Kier molecular flexibility index (Phi) is 4.62. The molecule has 1 aliphatic carbocycles. The highest BCUT2D eigenvalue weighted by Gasteiger charge is 2.32. The average molecular weight is 350 g/mol. The lowest BCUT2D eigenvalue weighted by atomic mass is 9.96. The molecule has 136 valence electrons. The lowest BCUT2D eigenvalue weighted by molar-refractivity contribution is 0.0976. The largest absolute Gasteiger partial charge is 0.351 e. The van der Waals surface area contributed by atoms with Crippen molar-refractivity contribution in [2.75, 3.05) is 10.2 Å². The maximum absolute atomic E-state index is 13.2. The molecular formula is C21H26N4O. The van der Waals surface area contributed by atoms with Crippen molar-refractivity contribution in [2.24, 2.45) is 0 Å². The molecule has 5 heteroatoms. The number of hydrogen-bond acceptors (Lipinski definition) is 4. The Labute approximate surface area is 154 Å². The first-order chi connectivity index (χ1) is 12.6. The Bertz CT molecular complexity index is 813. The van der Waals surface area contributed by atoms with Gasteiger partial charge in [-0.25, -0.2) is 9.97 Å². The molecule has 1 aromatic carbocycles. The summed E-state index contributed by atoms with van der Waals surface area (Å²) in [5.41, 5.74) is 3.52. The van der Waals surface area contributed by atoms with Crippen LogP contribution < -0.4 is 10.2 Å². The minimum atomic E-state index is -0.0420. The number of nitrogens with one attached hydrogen (secondary N) is 1. The van der Waals surface area contributed by atoms with Gasteiger partial charge in [-0.1, -0.05) is 37.5 Å². The molecule has 5 nitrogen and oxygen atoms in total. The molecule has 1 aromatic heterocycles. The minimum absolute atomic E-state index is 0.0420. The fourth-order valence-electron chi connectivity index (χ4n) is 4.17. The van der Waals surface area contributed by atoms with Gasteiger partial charge in [0.05, 0.1) is 0 Å². The van der Waals surface area contributed by atoms with Gasteiger partial charge in [0.15, 0.2) is 0 Å². The van der Waals surface area contributed by atoms with E-state index in [1.807, 2.05) is 30.0 Å². The monoisotopic (exact) mass is 350 g/mol. The molecule has 0 bridgehead atoms. The number of para-hydroxylation sites is 1. The van der Waals surface area contributed by atoms with E-state index in [9.17, 15) is 4.79 Å². The summed E-state index contributed by atoms with van der Waals surface area (Å²) in [6.45, 7) is 4.01. The highest BCUT2D eigenvalue weighted by atomic mass is 16.2. The summed E-state index contributed by atoms with van der Waals surface area (Å²) >= 11 is 0. The Balaban J connectivity index is 1.60. The number of aromatic nitrogens is 2. The average Bonchev–Trinajstić information content (AvgIpc) is 2.97. The molecule has 0 radical (unpaired) electrons. The standard InChI is InChI=1S/C21H26N4O/c1-14-12-18(24-21(22-14)23-17-9-4-3-5-10-17)20(26)25-15(2)13-16-8-6-7-11-19(16)25/h6-8,11-12,15,17H,3-5,9-10,13H2,1-2H3,(H,22,23,24). The first kappa shape index (κ1) is 17.0. The van der Waals surface area contributed by atoms with E-state index in [4.69, 9.17) is 0 Å². The van der Waals surface area contributed by atoms with E-state index in [2.05, 4.69) is 28.3 Å². The normalized spacial score (nSPS) is 20.1. The van der Waals surface area contributed by atoms with Crippen molar-refractivity contribution in [2.45, 2.75) is 64.5 Å². The van der Waals surface area contributed by atoms with Gasteiger partial charge >= 0.3 is 0 Å². The maximum Gasteiger partial charge on any atom is 0.277 e. The number of amides is 1. The van der Waals surface area contributed by atoms with Crippen LogP contribution in [0.15, 0.2) is 30.3 Å². The summed E-state index contributed by atoms with van der Waals surface area (Å²) in [5.74, 6) is 0.542. The zero-order chi connectivity index (χ0) is 18.1. The molecule has 2 aromatic rings. The Morgan fingerprint density at radius 2 is 1.92 bits per heavy atom. The number of hydrogen-bond donors (Lipinski definition) is 1. The second-order valence-electron chi connectivity index (χ2n) is 7.55. The zero-order valence-corrected chi connectivity index (χ0v) is 15.5. The molecule has 0 saturated heterocycles. The van der Waals surface area contributed by atoms with Crippen molar-refractivity contribution in [3.8, 4) is 0 Å². The van der Waals surface area contributed by atoms with Crippen molar-refractivity contribution in [1.82, 2.24) is 9.97 Å². The van der Waals surface area contributed by atoms with E-state index in [0.717, 1.165) is 30.6 Å². The first-order valence-corrected chi connectivity index (χ1v) is 9.65. The molecule has 1 atom stereocenters. The number of aryl methyl sites for hydroxylation is 1. The van der Waals surface area contributed by atoms with Gasteiger partial charge in [0.25, 0.3) is 5.91 Å². The third-order valence-corrected chi connectivity index (χ3v) is 5.44. The predicted octanol–water partition coefficient (Wildman–Crippen LogP) is 4.12. The predicted molar refractivity (Wildman–Crippen MR) is 104 cm³/mol. The molecule has 1 fully saturated rings. The van der Waals surface area contributed by atoms with E-state index in [1.165, 1.54) is 24.8 Å². The van der Waals surface area contributed by atoms with Gasteiger partial charge in [0.1, 0.15) is 5.69 Å². The number of carbonyl (C=O) groups is 1. The lowest BCUT2D eigenvalue weighted by Gasteiger charge is -2.24.